The fourth-order valence-corrected chi connectivity index (χ4v) is 3.18. The van der Waals surface area contributed by atoms with E-state index in [-0.39, 0.29) is 5.78 Å². The lowest BCUT2D eigenvalue weighted by Gasteiger charge is -2.11. The Hall–Kier alpha value is -3.26. The van der Waals surface area contributed by atoms with Gasteiger partial charge in [-0.3, -0.25) is 9.78 Å². The van der Waals surface area contributed by atoms with Crippen molar-refractivity contribution in [1.82, 2.24) is 4.98 Å². The molecule has 0 aliphatic carbocycles. The summed E-state index contributed by atoms with van der Waals surface area (Å²) >= 11 is 0. The number of hydrogen-bond acceptors (Lipinski definition) is 2. The molecule has 1 aromatic heterocycles. The van der Waals surface area contributed by atoms with E-state index < -0.39 is 0 Å². The van der Waals surface area contributed by atoms with Gasteiger partial charge in [-0.25, -0.2) is 0 Å². The number of carbonyl (C=O) groups excluding carboxylic acids is 1. The third-order valence-corrected chi connectivity index (χ3v) is 4.42. The SMILES string of the molecule is O=C(c1ccccn1)c1ccccc1Cc1cccc2ccccc12. The summed E-state index contributed by atoms with van der Waals surface area (Å²) in [6.07, 6.45) is 2.37. The van der Waals surface area contributed by atoms with E-state index in [1.165, 1.54) is 16.3 Å². The maximum atomic E-state index is 12.9. The van der Waals surface area contributed by atoms with E-state index in [2.05, 4.69) is 41.4 Å². The zero-order chi connectivity index (χ0) is 17.1. The molecular formula is C23H17NO. The quantitative estimate of drug-likeness (QED) is 0.492. The Labute approximate surface area is 146 Å². The van der Waals surface area contributed by atoms with Gasteiger partial charge >= 0.3 is 0 Å². The minimum Gasteiger partial charge on any atom is -0.287 e. The van der Waals surface area contributed by atoms with Gasteiger partial charge in [-0.05, 0) is 40.5 Å². The molecule has 0 fully saturated rings. The first-order chi connectivity index (χ1) is 12.3. The van der Waals surface area contributed by atoms with Crippen molar-refractivity contribution in [2.45, 2.75) is 6.42 Å². The molecular weight excluding hydrogens is 306 g/mol. The number of benzene rings is 3. The number of rotatable bonds is 4. The summed E-state index contributed by atoms with van der Waals surface area (Å²) in [5.74, 6) is -0.0311. The lowest BCUT2D eigenvalue weighted by molar-refractivity contribution is 0.103. The lowest BCUT2D eigenvalue weighted by Crippen LogP contribution is -2.07. The molecule has 1 heterocycles. The van der Waals surface area contributed by atoms with Crippen molar-refractivity contribution in [3.05, 3.63) is 114 Å². The van der Waals surface area contributed by atoms with Crippen LogP contribution in [0.3, 0.4) is 0 Å². The Balaban J connectivity index is 1.76. The second kappa shape index (κ2) is 6.70. The average molecular weight is 323 g/mol. The Kier molecular flexibility index (Phi) is 4.09. The molecule has 0 aliphatic heterocycles. The smallest absolute Gasteiger partial charge is 0.211 e. The van der Waals surface area contributed by atoms with Crippen LogP contribution in [0.15, 0.2) is 91.1 Å². The van der Waals surface area contributed by atoms with Crippen molar-refractivity contribution in [3.63, 3.8) is 0 Å². The van der Waals surface area contributed by atoms with E-state index in [1.54, 1.807) is 12.3 Å². The molecule has 0 saturated carbocycles. The van der Waals surface area contributed by atoms with Crippen LogP contribution in [0.2, 0.25) is 0 Å². The van der Waals surface area contributed by atoms with Crippen molar-refractivity contribution < 1.29 is 4.79 Å². The number of nitrogens with zero attached hydrogens (tertiary/aromatic N) is 1. The van der Waals surface area contributed by atoms with Crippen molar-refractivity contribution in [2.24, 2.45) is 0 Å². The standard InChI is InChI=1S/C23H17NO/c25-23(22-14-5-6-15-24-22)21-13-4-2-9-19(21)16-18-11-7-10-17-8-1-3-12-20(17)18/h1-15H,16H2. The Morgan fingerprint density at radius 2 is 1.44 bits per heavy atom. The van der Waals surface area contributed by atoms with E-state index in [4.69, 9.17) is 0 Å². The van der Waals surface area contributed by atoms with E-state index >= 15 is 0 Å². The maximum Gasteiger partial charge on any atom is 0.211 e. The molecule has 0 saturated heterocycles. The van der Waals surface area contributed by atoms with E-state index in [9.17, 15) is 4.79 Å². The number of carbonyl (C=O) groups is 1. The third kappa shape index (κ3) is 3.07. The summed E-state index contributed by atoms with van der Waals surface area (Å²) in [4.78, 5) is 17.1. The van der Waals surface area contributed by atoms with Crippen LogP contribution >= 0.6 is 0 Å². The first kappa shape index (κ1) is 15.3. The van der Waals surface area contributed by atoms with Crippen LogP contribution in [0.1, 0.15) is 27.2 Å². The Bertz CT molecular complexity index is 1030. The molecule has 0 spiro atoms. The van der Waals surface area contributed by atoms with Crippen LogP contribution in [0.4, 0.5) is 0 Å². The molecule has 2 heteroatoms. The van der Waals surface area contributed by atoms with Gasteiger partial charge in [-0.2, -0.15) is 0 Å². The van der Waals surface area contributed by atoms with Crippen molar-refractivity contribution in [3.8, 4) is 0 Å². The molecule has 0 radical (unpaired) electrons. The first-order valence-electron chi connectivity index (χ1n) is 8.33. The molecule has 0 unspecified atom stereocenters. The van der Waals surface area contributed by atoms with Gasteiger partial charge in [0.05, 0.1) is 0 Å². The molecule has 2 nitrogen and oxygen atoms in total. The zero-order valence-corrected chi connectivity index (χ0v) is 13.7. The van der Waals surface area contributed by atoms with Crippen molar-refractivity contribution in [2.75, 3.05) is 0 Å². The molecule has 4 aromatic rings. The number of pyridine rings is 1. The summed E-state index contributed by atoms with van der Waals surface area (Å²) in [7, 11) is 0. The largest absolute Gasteiger partial charge is 0.287 e. The topological polar surface area (TPSA) is 30.0 Å². The Morgan fingerprint density at radius 3 is 2.32 bits per heavy atom. The fraction of sp³-hybridized carbons (Fsp3) is 0.0435. The van der Waals surface area contributed by atoms with Crippen LogP contribution in [0.5, 0.6) is 0 Å². The highest BCUT2D eigenvalue weighted by molar-refractivity contribution is 6.08. The lowest BCUT2D eigenvalue weighted by atomic mass is 9.93. The number of ketones is 1. The summed E-state index contributed by atoms with van der Waals surface area (Å²) in [6.45, 7) is 0. The predicted molar refractivity (Wildman–Crippen MR) is 101 cm³/mol. The van der Waals surface area contributed by atoms with Crippen LogP contribution in [-0.2, 0) is 6.42 Å². The summed E-state index contributed by atoms with van der Waals surface area (Å²) in [6, 6.07) is 27.9. The molecule has 25 heavy (non-hydrogen) atoms. The van der Waals surface area contributed by atoms with E-state index in [0.29, 0.717) is 11.3 Å². The van der Waals surface area contributed by atoms with Gasteiger partial charge in [-0.1, -0.05) is 72.8 Å². The van der Waals surface area contributed by atoms with Gasteiger partial charge in [0, 0.05) is 11.8 Å². The molecule has 0 aliphatic rings. The van der Waals surface area contributed by atoms with Crippen molar-refractivity contribution >= 4 is 16.6 Å². The number of hydrogen-bond donors (Lipinski definition) is 0. The summed E-state index contributed by atoms with van der Waals surface area (Å²) < 4.78 is 0. The van der Waals surface area contributed by atoms with Crippen LogP contribution in [-0.4, -0.2) is 10.8 Å². The second-order valence-electron chi connectivity index (χ2n) is 6.02. The summed E-state index contributed by atoms with van der Waals surface area (Å²) in [5.41, 5.74) is 3.44. The third-order valence-electron chi connectivity index (χ3n) is 4.42. The van der Waals surface area contributed by atoms with Crippen LogP contribution in [0, 0.1) is 0 Å². The van der Waals surface area contributed by atoms with Gasteiger partial charge in [0.15, 0.2) is 0 Å². The van der Waals surface area contributed by atoms with E-state index in [1.807, 2.05) is 42.5 Å². The van der Waals surface area contributed by atoms with Gasteiger partial charge < -0.3 is 0 Å². The molecule has 0 bridgehead atoms. The minimum absolute atomic E-state index is 0.0311. The van der Waals surface area contributed by atoms with Crippen LogP contribution < -0.4 is 0 Å². The highest BCUT2D eigenvalue weighted by atomic mass is 16.1. The molecule has 0 N–H and O–H groups in total. The highest BCUT2D eigenvalue weighted by Gasteiger charge is 2.15. The summed E-state index contributed by atoms with van der Waals surface area (Å²) in [5, 5.41) is 2.44. The van der Waals surface area contributed by atoms with E-state index in [0.717, 1.165) is 12.0 Å². The molecule has 0 atom stereocenters. The molecule has 4 rings (SSSR count). The predicted octanol–water partition coefficient (Wildman–Crippen LogP) is 5.06. The normalized spacial score (nSPS) is 10.7. The minimum atomic E-state index is -0.0311. The van der Waals surface area contributed by atoms with Crippen molar-refractivity contribution in [1.29, 1.82) is 0 Å². The fourth-order valence-electron chi connectivity index (χ4n) is 3.18. The molecule has 0 amide bonds. The van der Waals surface area contributed by atoms with Crippen LogP contribution in [0.25, 0.3) is 10.8 Å². The average Bonchev–Trinajstić information content (AvgIpc) is 2.69. The molecule has 120 valence electrons. The number of fused-ring (bicyclic) bond motifs is 1. The monoisotopic (exact) mass is 323 g/mol. The second-order valence-corrected chi connectivity index (χ2v) is 6.02. The Morgan fingerprint density at radius 1 is 0.720 bits per heavy atom. The van der Waals surface area contributed by atoms with Gasteiger partial charge in [0.1, 0.15) is 5.69 Å². The molecule has 3 aromatic carbocycles. The maximum absolute atomic E-state index is 12.9. The van der Waals surface area contributed by atoms with Gasteiger partial charge in [0.2, 0.25) is 5.78 Å². The number of aromatic nitrogens is 1. The van der Waals surface area contributed by atoms with Gasteiger partial charge in [0.25, 0.3) is 0 Å². The zero-order valence-electron chi connectivity index (χ0n) is 13.7. The van der Waals surface area contributed by atoms with Gasteiger partial charge in [-0.15, -0.1) is 0 Å². The first-order valence-corrected chi connectivity index (χ1v) is 8.33. The highest BCUT2D eigenvalue weighted by Crippen LogP contribution is 2.23.